The lowest BCUT2D eigenvalue weighted by molar-refractivity contribution is -0.385. The Balaban J connectivity index is 2.09. The molecule has 1 heterocycles. The second-order valence-electron chi connectivity index (χ2n) is 6.86. The van der Waals surface area contributed by atoms with Crippen LogP contribution in [0, 0.1) is 15.9 Å². The van der Waals surface area contributed by atoms with E-state index >= 15 is 0 Å². The number of nitro groups is 1. The molecule has 1 aromatic carbocycles. The van der Waals surface area contributed by atoms with Crippen molar-refractivity contribution in [2.75, 3.05) is 24.5 Å². The van der Waals surface area contributed by atoms with Gasteiger partial charge in [-0.3, -0.25) is 10.1 Å². The van der Waals surface area contributed by atoms with Crippen LogP contribution in [0.15, 0.2) is 18.2 Å². The minimum absolute atomic E-state index is 0.137. The maximum atomic E-state index is 14.2. The molecule has 0 N–H and O–H groups in total. The molecule has 1 fully saturated rings. The predicted octanol–water partition coefficient (Wildman–Crippen LogP) is 3.18. The number of amides is 1. The van der Waals surface area contributed by atoms with Crippen molar-refractivity contribution in [1.29, 1.82) is 0 Å². The van der Waals surface area contributed by atoms with Gasteiger partial charge in [-0.2, -0.15) is 0 Å². The molecule has 0 saturated carbocycles. The molecule has 0 aromatic heterocycles. The number of piperazine rings is 1. The molecule has 1 atom stereocenters. The van der Waals surface area contributed by atoms with Gasteiger partial charge in [0.05, 0.1) is 16.7 Å². The summed E-state index contributed by atoms with van der Waals surface area (Å²) in [6.45, 7) is 8.50. The molecular formula is C16H22FN3O4. The smallest absolute Gasteiger partial charge is 0.410 e. The molecule has 8 heteroatoms. The van der Waals surface area contributed by atoms with E-state index in [9.17, 15) is 19.3 Å². The van der Waals surface area contributed by atoms with Crippen LogP contribution in [0.4, 0.5) is 20.6 Å². The summed E-state index contributed by atoms with van der Waals surface area (Å²) in [4.78, 5) is 25.6. The van der Waals surface area contributed by atoms with Gasteiger partial charge in [-0.25, -0.2) is 9.18 Å². The second-order valence-corrected chi connectivity index (χ2v) is 6.86. The molecule has 0 aliphatic carbocycles. The Morgan fingerprint density at radius 3 is 2.54 bits per heavy atom. The largest absolute Gasteiger partial charge is 0.444 e. The SMILES string of the molecule is C[C@@H]1CN(C(=O)OC(C)(C)C)CCN1c1ccc([N+](=O)[O-])cc1F. The van der Waals surface area contributed by atoms with Crippen molar-refractivity contribution in [3.8, 4) is 0 Å². The molecule has 1 aromatic rings. The average Bonchev–Trinajstić information content (AvgIpc) is 2.45. The average molecular weight is 339 g/mol. The number of hydrogen-bond donors (Lipinski definition) is 0. The van der Waals surface area contributed by atoms with E-state index < -0.39 is 22.4 Å². The number of ether oxygens (including phenoxy) is 1. The van der Waals surface area contributed by atoms with Gasteiger partial charge < -0.3 is 14.5 Å². The maximum Gasteiger partial charge on any atom is 0.410 e. The first-order valence-corrected chi connectivity index (χ1v) is 7.77. The molecule has 24 heavy (non-hydrogen) atoms. The number of carbonyl (C=O) groups is 1. The number of hydrogen-bond acceptors (Lipinski definition) is 5. The first-order valence-electron chi connectivity index (χ1n) is 7.77. The Kier molecular flexibility index (Phi) is 4.96. The van der Waals surface area contributed by atoms with Crippen LogP contribution in [0.3, 0.4) is 0 Å². The molecule has 1 aliphatic rings. The van der Waals surface area contributed by atoms with Crippen LogP contribution < -0.4 is 4.90 Å². The molecule has 1 saturated heterocycles. The van der Waals surface area contributed by atoms with Gasteiger partial charge in [0.2, 0.25) is 0 Å². The first-order chi connectivity index (χ1) is 11.1. The van der Waals surface area contributed by atoms with E-state index in [-0.39, 0.29) is 11.7 Å². The van der Waals surface area contributed by atoms with Gasteiger partial charge in [0, 0.05) is 31.7 Å². The second kappa shape index (κ2) is 6.62. The third kappa shape index (κ3) is 4.12. The van der Waals surface area contributed by atoms with Gasteiger partial charge in [-0.1, -0.05) is 0 Å². The van der Waals surface area contributed by atoms with Crippen LogP contribution in [0.25, 0.3) is 0 Å². The van der Waals surface area contributed by atoms with Crippen molar-refractivity contribution in [3.63, 3.8) is 0 Å². The normalized spacial score (nSPS) is 18.5. The van der Waals surface area contributed by atoms with Crippen LogP contribution in [0.1, 0.15) is 27.7 Å². The lowest BCUT2D eigenvalue weighted by atomic mass is 10.1. The van der Waals surface area contributed by atoms with Crippen LogP contribution in [-0.2, 0) is 4.74 Å². The zero-order chi connectivity index (χ0) is 18.1. The van der Waals surface area contributed by atoms with Crippen LogP contribution in [0.5, 0.6) is 0 Å². The Morgan fingerprint density at radius 2 is 2.04 bits per heavy atom. The molecule has 132 valence electrons. The molecule has 0 spiro atoms. The van der Waals surface area contributed by atoms with Gasteiger partial charge in [-0.05, 0) is 33.8 Å². The van der Waals surface area contributed by atoms with Crippen molar-refractivity contribution in [2.45, 2.75) is 39.3 Å². The number of rotatable bonds is 2. The number of nitro benzene ring substituents is 1. The number of carbonyl (C=O) groups excluding carboxylic acids is 1. The number of halogens is 1. The third-order valence-electron chi connectivity index (χ3n) is 3.73. The highest BCUT2D eigenvalue weighted by atomic mass is 19.1. The van der Waals surface area contributed by atoms with Gasteiger partial charge in [0.25, 0.3) is 5.69 Å². The van der Waals surface area contributed by atoms with E-state index in [0.717, 1.165) is 6.07 Å². The summed E-state index contributed by atoms with van der Waals surface area (Å²) < 4.78 is 19.5. The van der Waals surface area contributed by atoms with Crippen LogP contribution in [0.2, 0.25) is 0 Å². The van der Waals surface area contributed by atoms with Gasteiger partial charge in [-0.15, -0.1) is 0 Å². The zero-order valence-electron chi connectivity index (χ0n) is 14.3. The Labute approximate surface area is 140 Å². The van der Waals surface area contributed by atoms with E-state index in [2.05, 4.69) is 0 Å². The van der Waals surface area contributed by atoms with Crippen molar-refractivity contribution < 1.29 is 18.8 Å². The van der Waals surface area contributed by atoms with E-state index in [0.29, 0.717) is 25.3 Å². The highest BCUT2D eigenvalue weighted by molar-refractivity contribution is 5.69. The third-order valence-corrected chi connectivity index (χ3v) is 3.73. The van der Waals surface area contributed by atoms with E-state index in [4.69, 9.17) is 4.74 Å². The molecular weight excluding hydrogens is 317 g/mol. The van der Waals surface area contributed by atoms with Crippen LogP contribution >= 0.6 is 0 Å². The zero-order valence-corrected chi connectivity index (χ0v) is 14.3. The van der Waals surface area contributed by atoms with E-state index in [1.807, 2.05) is 6.92 Å². The predicted molar refractivity (Wildman–Crippen MR) is 87.7 cm³/mol. The van der Waals surface area contributed by atoms with Crippen molar-refractivity contribution in [1.82, 2.24) is 4.90 Å². The molecule has 1 aliphatic heterocycles. The lowest BCUT2D eigenvalue weighted by Gasteiger charge is -2.41. The Bertz CT molecular complexity index is 645. The summed E-state index contributed by atoms with van der Waals surface area (Å²) in [6.07, 6.45) is -0.391. The number of non-ortho nitro benzene ring substituents is 1. The standard InChI is InChI=1S/C16H22FN3O4/c1-11-10-18(15(21)24-16(2,3)4)7-8-19(11)14-6-5-12(20(22)23)9-13(14)17/h5-6,9,11H,7-8,10H2,1-4H3/t11-/m1/s1. The van der Waals surface area contributed by atoms with Gasteiger partial charge in [0.15, 0.2) is 5.82 Å². The summed E-state index contributed by atoms with van der Waals surface area (Å²) in [7, 11) is 0. The first kappa shape index (κ1) is 18.0. The van der Waals surface area contributed by atoms with Crippen molar-refractivity contribution >= 4 is 17.5 Å². The Hall–Kier alpha value is -2.38. The molecule has 0 bridgehead atoms. The minimum Gasteiger partial charge on any atom is -0.444 e. The van der Waals surface area contributed by atoms with Gasteiger partial charge >= 0.3 is 6.09 Å². The summed E-state index contributed by atoms with van der Waals surface area (Å²) in [6, 6.07) is 3.48. The summed E-state index contributed by atoms with van der Waals surface area (Å²) in [5, 5.41) is 10.7. The fourth-order valence-electron chi connectivity index (χ4n) is 2.65. The highest BCUT2D eigenvalue weighted by Gasteiger charge is 2.31. The monoisotopic (exact) mass is 339 g/mol. The van der Waals surface area contributed by atoms with Gasteiger partial charge in [0.1, 0.15) is 5.60 Å². The fraction of sp³-hybridized carbons (Fsp3) is 0.562. The van der Waals surface area contributed by atoms with Crippen LogP contribution in [-0.4, -0.2) is 47.2 Å². The topological polar surface area (TPSA) is 75.9 Å². The van der Waals surface area contributed by atoms with E-state index in [1.165, 1.54) is 12.1 Å². The number of anilines is 1. The molecule has 2 rings (SSSR count). The summed E-state index contributed by atoms with van der Waals surface area (Å²) >= 11 is 0. The molecule has 0 unspecified atom stereocenters. The molecule has 1 amide bonds. The number of nitrogens with zero attached hydrogens (tertiary/aromatic N) is 3. The fourth-order valence-corrected chi connectivity index (χ4v) is 2.65. The highest BCUT2D eigenvalue weighted by Crippen LogP contribution is 2.27. The number of benzene rings is 1. The van der Waals surface area contributed by atoms with E-state index in [1.54, 1.807) is 30.6 Å². The minimum atomic E-state index is -0.637. The summed E-state index contributed by atoms with van der Waals surface area (Å²) in [5.41, 5.74) is -0.546. The van der Waals surface area contributed by atoms with Crippen molar-refractivity contribution in [3.05, 3.63) is 34.1 Å². The Morgan fingerprint density at radius 1 is 1.38 bits per heavy atom. The molecule has 0 radical (unpaired) electrons. The maximum absolute atomic E-state index is 14.2. The summed E-state index contributed by atoms with van der Waals surface area (Å²) in [5.74, 6) is -0.637. The lowest BCUT2D eigenvalue weighted by Crippen LogP contribution is -2.54. The molecule has 7 nitrogen and oxygen atoms in total. The van der Waals surface area contributed by atoms with Crippen molar-refractivity contribution in [2.24, 2.45) is 0 Å². The quantitative estimate of drug-likeness (QED) is 0.611.